The number of carbonyl (C=O) groups excluding carboxylic acids is 1. The maximum Gasteiger partial charge on any atom is 0.237 e. The zero-order valence-corrected chi connectivity index (χ0v) is 12.8. The van der Waals surface area contributed by atoms with Crippen LogP contribution in [-0.4, -0.2) is 49.2 Å². The van der Waals surface area contributed by atoms with Gasteiger partial charge in [0.15, 0.2) is 9.84 Å². The largest absolute Gasteiger partial charge is 0.337 e. The third-order valence-electron chi connectivity index (χ3n) is 4.26. The molecule has 1 heterocycles. The third kappa shape index (κ3) is 4.09. The van der Waals surface area contributed by atoms with E-state index in [0.717, 1.165) is 12.8 Å². The molecule has 110 valence electrons. The Morgan fingerprint density at radius 3 is 2.37 bits per heavy atom. The monoisotopic (exact) mass is 307 g/mol. The Kier molecular flexibility index (Phi) is 5.12. The third-order valence-corrected chi connectivity index (χ3v) is 6.24. The Labute approximate surface area is 120 Å². The lowest BCUT2D eigenvalue weighted by molar-refractivity contribution is -0.131. The summed E-state index contributed by atoms with van der Waals surface area (Å²) in [6.45, 7) is 0.686. The molecule has 0 N–H and O–H groups in total. The molecule has 2 aliphatic rings. The van der Waals surface area contributed by atoms with Crippen molar-refractivity contribution in [1.82, 2.24) is 4.90 Å². The second-order valence-corrected chi connectivity index (χ2v) is 8.24. The van der Waals surface area contributed by atoms with Crippen molar-refractivity contribution in [2.24, 2.45) is 5.92 Å². The minimum atomic E-state index is -2.96. The minimum Gasteiger partial charge on any atom is -0.337 e. The van der Waals surface area contributed by atoms with Crippen molar-refractivity contribution in [1.29, 1.82) is 0 Å². The van der Waals surface area contributed by atoms with Crippen molar-refractivity contribution >= 4 is 27.3 Å². The van der Waals surface area contributed by atoms with Gasteiger partial charge in [0.1, 0.15) is 5.88 Å². The first-order valence-electron chi connectivity index (χ1n) is 7.07. The first kappa shape index (κ1) is 15.1. The Hall–Kier alpha value is -0.290. The van der Waals surface area contributed by atoms with Crippen LogP contribution in [0.5, 0.6) is 0 Å². The highest BCUT2D eigenvalue weighted by molar-refractivity contribution is 7.91. The molecule has 1 saturated carbocycles. The Morgan fingerprint density at radius 1 is 1.16 bits per heavy atom. The number of nitrogens with zero attached hydrogens (tertiary/aromatic N) is 1. The molecule has 1 aliphatic carbocycles. The van der Waals surface area contributed by atoms with Crippen LogP contribution in [0.25, 0.3) is 0 Å². The van der Waals surface area contributed by atoms with Crippen LogP contribution in [0.4, 0.5) is 0 Å². The van der Waals surface area contributed by atoms with E-state index in [1.165, 1.54) is 19.3 Å². The van der Waals surface area contributed by atoms with Gasteiger partial charge in [0.25, 0.3) is 0 Å². The molecule has 1 atom stereocenters. The number of hydrogen-bond donors (Lipinski definition) is 0. The van der Waals surface area contributed by atoms with E-state index in [2.05, 4.69) is 0 Å². The van der Waals surface area contributed by atoms with E-state index >= 15 is 0 Å². The van der Waals surface area contributed by atoms with Crippen LogP contribution >= 0.6 is 11.6 Å². The van der Waals surface area contributed by atoms with Crippen LogP contribution in [0.2, 0.25) is 0 Å². The number of halogens is 1. The van der Waals surface area contributed by atoms with Gasteiger partial charge < -0.3 is 4.90 Å². The summed E-state index contributed by atoms with van der Waals surface area (Å²) in [5.41, 5.74) is 0. The Balaban J connectivity index is 2.01. The molecule has 1 unspecified atom stereocenters. The number of carbonyl (C=O) groups is 1. The van der Waals surface area contributed by atoms with Crippen LogP contribution < -0.4 is 0 Å². The van der Waals surface area contributed by atoms with Crippen molar-refractivity contribution in [3.8, 4) is 0 Å². The molecule has 2 rings (SSSR count). The van der Waals surface area contributed by atoms with Crippen LogP contribution in [0.3, 0.4) is 0 Å². The summed E-state index contributed by atoms with van der Waals surface area (Å²) in [5, 5.41) is 0. The minimum absolute atomic E-state index is 0.0523. The summed E-state index contributed by atoms with van der Waals surface area (Å²) in [5.74, 6) is 0.665. The number of rotatable bonds is 4. The van der Waals surface area contributed by atoms with E-state index in [1.807, 2.05) is 0 Å². The first-order valence-corrected chi connectivity index (χ1v) is 9.43. The average Bonchev–Trinajstić information content (AvgIpc) is 2.76. The van der Waals surface area contributed by atoms with Gasteiger partial charge in [-0.3, -0.25) is 4.79 Å². The SMILES string of the molecule is O=C(CCl)N(CC1CCCCC1)C1CCS(=O)(=O)C1. The molecule has 6 heteroatoms. The van der Waals surface area contributed by atoms with E-state index in [0.29, 0.717) is 18.9 Å². The van der Waals surface area contributed by atoms with Crippen molar-refractivity contribution in [3.05, 3.63) is 0 Å². The van der Waals surface area contributed by atoms with Crippen LogP contribution in [-0.2, 0) is 14.6 Å². The number of hydrogen-bond acceptors (Lipinski definition) is 3. The van der Waals surface area contributed by atoms with Crippen molar-refractivity contribution < 1.29 is 13.2 Å². The molecule has 19 heavy (non-hydrogen) atoms. The zero-order valence-electron chi connectivity index (χ0n) is 11.2. The Morgan fingerprint density at radius 2 is 1.84 bits per heavy atom. The van der Waals surface area contributed by atoms with Gasteiger partial charge in [-0.15, -0.1) is 11.6 Å². The summed E-state index contributed by atoms with van der Waals surface area (Å²) in [7, 11) is -2.96. The molecule has 0 bridgehead atoms. The highest BCUT2D eigenvalue weighted by Gasteiger charge is 2.35. The quantitative estimate of drug-likeness (QED) is 0.745. The summed E-state index contributed by atoms with van der Waals surface area (Å²) in [6.07, 6.45) is 6.57. The molecule has 4 nitrogen and oxygen atoms in total. The van der Waals surface area contributed by atoms with Gasteiger partial charge in [0, 0.05) is 12.6 Å². The second-order valence-electron chi connectivity index (χ2n) is 5.74. The highest BCUT2D eigenvalue weighted by Crippen LogP contribution is 2.27. The molecule has 1 amide bonds. The van der Waals surface area contributed by atoms with Gasteiger partial charge in [0.2, 0.25) is 5.91 Å². The van der Waals surface area contributed by atoms with Gasteiger partial charge in [-0.25, -0.2) is 8.42 Å². The van der Waals surface area contributed by atoms with Gasteiger partial charge in [0.05, 0.1) is 11.5 Å². The van der Waals surface area contributed by atoms with Gasteiger partial charge in [-0.2, -0.15) is 0 Å². The summed E-state index contributed by atoms with van der Waals surface area (Å²) >= 11 is 5.67. The smallest absolute Gasteiger partial charge is 0.237 e. The fraction of sp³-hybridized carbons (Fsp3) is 0.923. The summed E-state index contributed by atoms with van der Waals surface area (Å²) in [4.78, 5) is 13.7. The normalized spacial score (nSPS) is 27.3. The predicted molar refractivity (Wildman–Crippen MR) is 76.1 cm³/mol. The standard InChI is InChI=1S/C13H22ClNO3S/c14-8-13(16)15(9-11-4-2-1-3-5-11)12-6-7-19(17,18)10-12/h11-12H,1-10H2. The van der Waals surface area contributed by atoms with Crippen molar-refractivity contribution in [3.63, 3.8) is 0 Å². The molecule has 0 aromatic heterocycles. The van der Waals surface area contributed by atoms with E-state index < -0.39 is 9.84 Å². The molecule has 1 aliphatic heterocycles. The lowest BCUT2D eigenvalue weighted by atomic mass is 9.88. The molecule has 0 radical (unpaired) electrons. The number of amides is 1. The fourth-order valence-corrected chi connectivity index (χ4v) is 5.08. The van der Waals surface area contributed by atoms with Gasteiger partial charge >= 0.3 is 0 Å². The van der Waals surface area contributed by atoms with Crippen LogP contribution in [0.1, 0.15) is 38.5 Å². The lowest BCUT2D eigenvalue weighted by Crippen LogP contribution is -2.44. The molecule has 0 aromatic carbocycles. The zero-order chi connectivity index (χ0) is 13.9. The second kappa shape index (κ2) is 6.44. The average molecular weight is 308 g/mol. The molecular formula is C13H22ClNO3S. The van der Waals surface area contributed by atoms with Crippen LogP contribution in [0.15, 0.2) is 0 Å². The van der Waals surface area contributed by atoms with Crippen molar-refractivity contribution in [2.75, 3.05) is 23.9 Å². The predicted octanol–water partition coefficient (Wildman–Crippen LogP) is 1.82. The molecule has 1 saturated heterocycles. The summed E-state index contributed by atoms with van der Waals surface area (Å²) < 4.78 is 23.2. The van der Waals surface area contributed by atoms with Crippen molar-refractivity contribution in [2.45, 2.75) is 44.6 Å². The summed E-state index contributed by atoms with van der Waals surface area (Å²) in [6, 6.07) is -0.154. The topological polar surface area (TPSA) is 54.5 Å². The first-order chi connectivity index (χ1) is 9.02. The van der Waals surface area contributed by atoms with E-state index in [4.69, 9.17) is 11.6 Å². The molecule has 0 aromatic rings. The molecule has 2 fully saturated rings. The fourth-order valence-electron chi connectivity index (χ4n) is 3.20. The molecular weight excluding hydrogens is 286 g/mol. The lowest BCUT2D eigenvalue weighted by Gasteiger charge is -2.33. The number of alkyl halides is 1. The number of sulfone groups is 1. The van der Waals surface area contributed by atoms with E-state index in [9.17, 15) is 13.2 Å². The maximum atomic E-state index is 12.0. The van der Waals surface area contributed by atoms with E-state index in [1.54, 1.807) is 4.90 Å². The van der Waals surface area contributed by atoms with Crippen LogP contribution in [0, 0.1) is 5.92 Å². The maximum absolute atomic E-state index is 12.0. The highest BCUT2D eigenvalue weighted by atomic mass is 35.5. The van der Waals surface area contributed by atoms with E-state index in [-0.39, 0.29) is 29.3 Å². The Bertz CT molecular complexity index is 418. The molecule has 0 spiro atoms. The van der Waals surface area contributed by atoms with Gasteiger partial charge in [-0.1, -0.05) is 19.3 Å². The van der Waals surface area contributed by atoms with Gasteiger partial charge in [-0.05, 0) is 25.2 Å².